The fraction of sp³-hybridized carbons (Fsp3) is 0.325. The highest BCUT2D eigenvalue weighted by molar-refractivity contribution is 7.18. The van der Waals surface area contributed by atoms with Gasteiger partial charge in [0.25, 0.3) is 0 Å². The highest BCUT2D eigenvalue weighted by Gasteiger charge is 2.25. The second-order valence-corrected chi connectivity index (χ2v) is 35.0. The molecule has 2 aliphatic heterocycles. The van der Waals surface area contributed by atoms with Crippen LogP contribution in [0.5, 0.6) is 0 Å². The Kier molecular flexibility index (Phi) is 31.3. The highest BCUT2D eigenvalue weighted by atomic mass is 35.5. The molecule has 0 radical (unpaired) electrons. The summed E-state index contributed by atoms with van der Waals surface area (Å²) in [7, 11) is 0. The molecule has 0 unspecified atom stereocenters. The van der Waals surface area contributed by atoms with E-state index in [0.29, 0.717) is 146 Å². The van der Waals surface area contributed by atoms with Gasteiger partial charge in [0, 0.05) is 102 Å². The maximum atomic E-state index is 12.8. The van der Waals surface area contributed by atoms with Gasteiger partial charge in [-0.3, -0.25) is 19.2 Å². The number of anilines is 9. The number of benzene rings is 4. The average molecular weight is 1800 g/mol. The van der Waals surface area contributed by atoms with Gasteiger partial charge < -0.3 is 37.2 Å². The number of nitrogens with zero attached hydrogens (tertiary/aromatic N) is 14. The van der Waals surface area contributed by atoms with Crippen molar-refractivity contribution in [3.05, 3.63) is 245 Å². The van der Waals surface area contributed by atoms with Crippen molar-refractivity contribution in [1.82, 2.24) is 59.8 Å². The Bertz CT molecular complexity index is 5380. The monoisotopic (exact) mass is 1790 g/mol. The third-order valence-electron chi connectivity index (χ3n) is 18.5. The van der Waals surface area contributed by atoms with Gasteiger partial charge in [0.15, 0.2) is 43.7 Å². The summed E-state index contributed by atoms with van der Waals surface area (Å²) in [5.74, 6) is 7.45. The third kappa shape index (κ3) is 27.4. The first kappa shape index (κ1) is 84.6. The molecule has 10 heterocycles. The first-order chi connectivity index (χ1) is 57.4. The number of nitrogens with two attached hydrogens (primary N) is 2. The lowest BCUT2D eigenvalue weighted by Crippen LogP contribution is -2.27. The number of rotatable bonds is 20. The second kappa shape index (κ2) is 43.2. The predicted octanol–water partition coefficient (Wildman–Crippen LogP) is 21.6. The minimum absolute atomic E-state index is 0.0566. The Morgan fingerprint density at radius 1 is 0.419 bits per heavy atom. The van der Waals surface area contributed by atoms with Gasteiger partial charge in [-0.2, -0.15) is 0 Å². The lowest BCUT2D eigenvalue weighted by Gasteiger charge is -2.18. The molecule has 4 aromatic carbocycles. The number of thiazole rings is 4. The number of nitrogens with one attached hydrogen (secondary N) is 3. The number of Topliss-reactive ketones (excluding diaryl/α,β-unsaturated/α-hetero) is 4. The van der Waals surface area contributed by atoms with Gasteiger partial charge in [-0.1, -0.05) is 215 Å². The summed E-state index contributed by atoms with van der Waals surface area (Å²) in [6.45, 7) is 22.8. The van der Waals surface area contributed by atoms with Gasteiger partial charge in [-0.15, -0.1) is 0 Å². The maximum Gasteiger partial charge on any atom is 0.188 e. The Morgan fingerprint density at radius 2 is 0.744 bits per heavy atom. The molecule has 0 amide bonds. The molecule has 0 spiro atoms. The number of nitrogen functional groups attached to an aromatic ring is 1. The number of aromatic nitrogens is 12. The molecule has 3 aliphatic rings. The summed E-state index contributed by atoms with van der Waals surface area (Å²) in [5.41, 5.74) is 17.8. The second-order valence-electron chi connectivity index (χ2n) is 28.0. The first-order valence-electron chi connectivity index (χ1n) is 39.1. The molecule has 117 heavy (non-hydrogen) atoms. The molecule has 0 bridgehead atoms. The van der Waals surface area contributed by atoms with E-state index >= 15 is 0 Å². The number of halogens is 7. The van der Waals surface area contributed by atoms with Crippen molar-refractivity contribution in [3.63, 3.8) is 0 Å². The van der Waals surface area contributed by atoms with Crippen LogP contribution in [-0.4, -0.2) is 115 Å². The number of carbonyl (C=O) groups is 4. The van der Waals surface area contributed by atoms with Crippen LogP contribution in [0.3, 0.4) is 0 Å². The van der Waals surface area contributed by atoms with E-state index in [1.807, 2.05) is 53.7 Å². The van der Waals surface area contributed by atoms with Gasteiger partial charge >= 0.3 is 0 Å². The maximum absolute atomic E-state index is 12.8. The molecule has 23 nitrogen and oxygen atoms in total. The number of aryl methyl sites for hydroxylation is 8. The molecular formula is C83H88Cl7N19O4S4. The van der Waals surface area contributed by atoms with Gasteiger partial charge in [0.2, 0.25) is 0 Å². The van der Waals surface area contributed by atoms with Crippen LogP contribution < -0.4 is 37.2 Å². The molecule has 15 rings (SSSR count). The van der Waals surface area contributed by atoms with Crippen LogP contribution in [0.25, 0.3) is 0 Å². The number of hydrogen-bond donors (Lipinski definition) is 5. The first-order valence-corrected chi connectivity index (χ1v) is 43.0. The Morgan fingerprint density at radius 3 is 1.04 bits per heavy atom. The quantitative estimate of drug-likeness (QED) is 0.0350. The standard InChI is InChI=1S/C22H24ClN5OS.C21H23ClN6OS.C17H14Cl2N4OS.C12H11ClN2OS.C6H12.C5H4Cl2N2/c1-13-7-8-28(12-13)21-10-20(25-15(3)26-21)27-22-24-11-19(30-22)18(29)9-16-14(2)5-4-6-17(16)23;1-12-4-3-5-16(22)15(12)8-17(29)18-10-24-21(30-18)27-19-9-20(26-13(2)25-19)28-7-6-14(23)11-28;1-9-4-3-5-12(18)11(9)6-13(24)14-8-20-17(25-14)23-16-7-15(19)21-10(2)22-16;1-7-3-2-4-9(13)8(7)5-10(16)11-6-15-12(14)17-11;1-6-4-2-3-5-6;1-3-8-4(6)2-5(7)9-3/h4-6,10-11,13H,7-9,12H2,1-3H3,(H,24,25,26,27);3-5,9-10,14H,6-8,11,23H2,1-2H3,(H,24,25,26,27);3-5,7-8H,6H2,1-2H3,(H,20,21,22,23);2-4,6H,5H2,1H3,(H2,14,15);6H,2-5H2,1H3;2H,1H3/t13-;14-;;;;/m11..../s1/i4D;2*3D;2D;;. The van der Waals surface area contributed by atoms with Crippen LogP contribution in [0, 0.1) is 67.2 Å². The lowest BCUT2D eigenvalue weighted by atomic mass is 10.0. The summed E-state index contributed by atoms with van der Waals surface area (Å²) in [4.78, 5) is 107. The highest BCUT2D eigenvalue weighted by Crippen LogP contribution is 2.34. The molecular weight excluding hydrogens is 1700 g/mol. The average Bonchev–Trinajstić information content (AvgIpc) is 1.81. The molecule has 2 saturated heterocycles. The van der Waals surface area contributed by atoms with E-state index in [4.69, 9.17) is 98.2 Å². The van der Waals surface area contributed by atoms with Gasteiger partial charge in [0.1, 0.15) is 67.8 Å². The van der Waals surface area contributed by atoms with Crippen LogP contribution in [0.1, 0.15) is 164 Å². The normalized spacial score (nSPS) is 14.6. The van der Waals surface area contributed by atoms with Crippen LogP contribution in [-0.2, 0) is 25.7 Å². The zero-order valence-corrected chi connectivity index (χ0v) is 74.3. The van der Waals surface area contributed by atoms with Crippen molar-refractivity contribution in [2.24, 2.45) is 17.6 Å². The fourth-order valence-electron chi connectivity index (χ4n) is 12.3. The Labute approximate surface area is 737 Å². The van der Waals surface area contributed by atoms with E-state index < -0.39 is 0 Å². The van der Waals surface area contributed by atoms with E-state index in [9.17, 15) is 19.2 Å². The van der Waals surface area contributed by atoms with Crippen LogP contribution in [0.2, 0.25) is 35.5 Å². The third-order valence-corrected chi connectivity index (χ3v) is 24.1. The van der Waals surface area contributed by atoms with Crippen molar-refractivity contribution in [1.29, 1.82) is 0 Å². The molecule has 7 N–H and O–H groups in total. The molecule has 612 valence electrons. The van der Waals surface area contributed by atoms with Gasteiger partial charge in [-0.25, -0.2) is 59.8 Å². The van der Waals surface area contributed by atoms with Crippen LogP contribution >= 0.6 is 127 Å². The van der Waals surface area contributed by atoms with Crippen molar-refractivity contribution in [2.75, 3.05) is 57.7 Å². The van der Waals surface area contributed by atoms with Gasteiger partial charge in [-0.05, 0) is 149 Å². The van der Waals surface area contributed by atoms with Crippen molar-refractivity contribution in [3.8, 4) is 0 Å². The largest absolute Gasteiger partial charge is 0.375 e. The zero-order chi connectivity index (χ0) is 87.6. The van der Waals surface area contributed by atoms with Crippen molar-refractivity contribution < 1.29 is 24.7 Å². The van der Waals surface area contributed by atoms with Gasteiger partial charge in [0.05, 0.1) is 49.8 Å². The number of carbonyl (C=O) groups excluding carboxylic acids is 4. The number of ketones is 4. The molecule has 1 aliphatic carbocycles. The SMILES string of the molecule is CC1CCCC1.Cc1nc(Cl)cc(Cl)n1.[2H]c1cc(C)c(CC(=O)c2cnc(N)s2)c(Cl)c1.[2H]c1cc(C)c(CC(=O)c2cnc(Nc3cc(Cl)nc(C)n3)s2)c(Cl)c1.[2H]c1cc(C)c(CC(=O)c2cnc(Nc3cc(N4CC[C@@H](C)C4)nc(C)n3)s2)c(Cl)c1.[2H]c1cc(C)c(CC(=O)c2cnc(Nc3cc(N4CC[C@@H](N)C4)nc(C)n3)s2)c(Cl)c1. The Balaban J connectivity index is 0.000000162. The molecule has 8 aromatic heterocycles. The van der Waals surface area contributed by atoms with Crippen molar-refractivity contribution in [2.45, 2.75) is 139 Å². The topological polar surface area (TPSA) is 318 Å². The minimum atomic E-state index is -0.0878. The molecule has 3 fully saturated rings. The fourth-order valence-corrected chi connectivity index (χ4v) is 17.1. The summed E-state index contributed by atoms with van der Waals surface area (Å²) < 4.78 is 30.6. The summed E-state index contributed by atoms with van der Waals surface area (Å²) >= 11 is 46.6. The predicted molar refractivity (Wildman–Crippen MR) is 480 cm³/mol. The van der Waals surface area contributed by atoms with Crippen molar-refractivity contribution >= 4 is 199 Å². The zero-order valence-electron chi connectivity index (χ0n) is 69.7. The number of hydrogen-bond acceptors (Lipinski definition) is 27. The summed E-state index contributed by atoms with van der Waals surface area (Å²) in [6, 6.07) is 21.4. The van der Waals surface area contributed by atoms with E-state index in [2.05, 4.69) is 99.4 Å². The molecule has 2 atom stereocenters. The van der Waals surface area contributed by atoms with Crippen LogP contribution in [0.4, 0.5) is 49.6 Å². The van der Waals surface area contributed by atoms with E-state index in [1.54, 1.807) is 68.7 Å². The summed E-state index contributed by atoms with van der Waals surface area (Å²) in [6.07, 6.45) is 14.9. The smallest absolute Gasteiger partial charge is 0.188 e. The summed E-state index contributed by atoms with van der Waals surface area (Å²) in [5, 5.41) is 14.4. The molecule has 1 saturated carbocycles. The molecule has 12 aromatic rings. The van der Waals surface area contributed by atoms with Crippen LogP contribution in [0.15, 0.2) is 122 Å². The minimum Gasteiger partial charge on any atom is -0.375 e. The lowest BCUT2D eigenvalue weighted by molar-refractivity contribution is 0.0988. The molecule has 34 heteroatoms. The van der Waals surface area contributed by atoms with E-state index in [1.165, 1.54) is 102 Å². The van der Waals surface area contributed by atoms with E-state index in [0.717, 1.165) is 101 Å². The van der Waals surface area contributed by atoms with E-state index in [-0.39, 0.29) is 54.9 Å². The Hall–Kier alpha value is -8.81.